The zero-order valence-electron chi connectivity index (χ0n) is 15.0. The third kappa shape index (κ3) is 2.32. The third-order valence-corrected chi connectivity index (χ3v) is 4.79. The number of fused-ring (bicyclic) bond motifs is 5. The molecule has 5 aromatic rings. The maximum atomic E-state index is 5.49. The predicted molar refractivity (Wildman–Crippen MR) is 107 cm³/mol. The van der Waals surface area contributed by atoms with Crippen LogP contribution in [0.3, 0.4) is 0 Å². The second-order valence-electron chi connectivity index (χ2n) is 6.28. The molecule has 132 valence electrons. The molecular weight excluding hydrogens is 338 g/mol. The van der Waals surface area contributed by atoms with Gasteiger partial charge in [-0.15, -0.1) is 0 Å². The standard InChI is InChI=1S/C22H17N3O2/c1-26-19-12-11-14(13-20(19)27-2)21-23-16-8-4-3-7-15(16)22-24-17-9-5-6-10-18(17)25(21)22/h3-13H,1-2H3. The van der Waals surface area contributed by atoms with Gasteiger partial charge in [0.15, 0.2) is 11.5 Å². The SMILES string of the molecule is COc1ccc(-c2nc3ccccc3c3nc4ccccc4n23)cc1OC. The summed E-state index contributed by atoms with van der Waals surface area (Å²) in [5.41, 5.74) is 4.70. The summed E-state index contributed by atoms with van der Waals surface area (Å²) >= 11 is 0. The van der Waals surface area contributed by atoms with E-state index in [1.54, 1.807) is 14.2 Å². The van der Waals surface area contributed by atoms with Crippen LogP contribution >= 0.6 is 0 Å². The molecule has 0 saturated heterocycles. The monoisotopic (exact) mass is 355 g/mol. The lowest BCUT2D eigenvalue weighted by Crippen LogP contribution is -1.99. The number of methoxy groups -OCH3 is 2. The lowest BCUT2D eigenvalue weighted by Gasteiger charge is -2.12. The van der Waals surface area contributed by atoms with Crippen LogP contribution in [0.5, 0.6) is 11.5 Å². The third-order valence-electron chi connectivity index (χ3n) is 4.79. The van der Waals surface area contributed by atoms with E-state index in [1.165, 1.54) is 0 Å². The van der Waals surface area contributed by atoms with Crippen molar-refractivity contribution in [1.29, 1.82) is 0 Å². The van der Waals surface area contributed by atoms with Crippen LogP contribution in [0.25, 0.3) is 39.0 Å². The highest BCUT2D eigenvalue weighted by Crippen LogP contribution is 2.34. The van der Waals surface area contributed by atoms with Gasteiger partial charge in [-0.1, -0.05) is 24.3 Å². The van der Waals surface area contributed by atoms with E-state index in [0.717, 1.165) is 39.0 Å². The first-order chi connectivity index (χ1) is 13.3. The van der Waals surface area contributed by atoms with Gasteiger partial charge in [-0.2, -0.15) is 0 Å². The second-order valence-corrected chi connectivity index (χ2v) is 6.28. The second kappa shape index (κ2) is 5.99. The lowest BCUT2D eigenvalue weighted by molar-refractivity contribution is 0.355. The number of nitrogens with zero attached hydrogens (tertiary/aromatic N) is 3. The van der Waals surface area contributed by atoms with Gasteiger partial charge in [-0.25, -0.2) is 9.97 Å². The van der Waals surface area contributed by atoms with Crippen LogP contribution in [0, 0.1) is 0 Å². The molecule has 0 saturated carbocycles. The highest BCUT2D eigenvalue weighted by Gasteiger charge is 2.16. The summed E-state index contributed by atoms with van der Waals surface area (Å²) in [6.07, 6.45) is 0. The van der Waals surface area contributed by atoms with Crippen LogP contribution in [0.4, 0.5) is 0 Å². The Hall–Kier alpha value is -3.60. The highest BCUT2D eigenvalue weighted by molar-refractivity contribution is 5.98. The molecule has 0 aliphatic heterocycles. The van der Waals surface area contributed by atoms with E-state index in [4.69, 9.17) is 19.4 Å². The van der Waals surface area contributed by atoms with Crippen LogP contribution in [0.2, 0.25) is 0 Å². The van der Waals surface area contributed by atoms with E-state index >= 15 is 0 Å². The minimum Gasteiger partial charge on any atom is -0.493 e. The van der Waals surface area contributed by atoms with E-state index in [2.05, 4.69) is 16.5 Å². The van der Waals surface area contributed by atoms with Crippen molar-refractivity contribution in [2.75, 3.05) is 14.2 Å². The molecule has 5 nitrogen and oxygen atoms in total. The minimum atomic E-state index is 0.669. The number of rotatable bonds is 3. The van der Waals surface area contributed by atoms with Crippen molar-refractivity contribution >= 4 is 27.6 Å². The van der Waals surface area contributed by atoms with Crippen LogP contribution in [-0.2, 0) is 0 Å². The molecular formula is C22H17N3O2. The van der Waals surface area contributed by atoms with Gasteiger partial charge in [0.25, 0.3) is 0 Å². The average molecular weight is 355 g/mol. The molecule has 0 radical (unpaired) electrons. The highest BCUT2D eigenvalue weighted by atomic mass is 16.5. The van der Waals surface area contributed by atoms with Crippen molar-refractivity contribution in [3.8, 4) is 22.9 Å². The van der Waals surface area contributed by atoms with Crippen molar-refractivity contribution < 1.29 is 9.47 Å². The summed E-state index contributed by atoms with van der Waals surface area (Å²) in [7, 11) is 3.27. The molecule has 5 heteroatoms. The Morgan fingerprint density at radius 2 is 1.48 bits per heavy atom. The topological polar surface area (TPSA) is 48.7 Å². The van der Waals surface area contributed by atoms with E-state index in [-0.39, 0.29) is 0 Å². The van der Waals surface area contributed by atoms with E-state index in [0.29, 0.717) is 11.5 Å². The molecule has 0 aliphatic carbocycles. The molecule has 0 aliphatic rings. The molecule has 0 N–H and O–H groups in total. The van der Waals surface area contributed by atoms with Crippen molar-refractivity contribution in [3.63, 3.8) is 0 Å². The van der Waals surface area contributed by atoms with E-state index in [9.17, 15) is 0 Å². The molecule has 0 unspecified atom stereocenters. The minimum absolute atomic E-state index is 0.669. The molecule has 0 atom stereocenters. The summed E-state index contributed by atoms with van der Waals surface area (Å²) in [6.45, 7) is 0. The Balaban J connectivity index is 1.93. The van der Waals surface area contributed by atoms with Crippen molar-refractivity contribution in [2.45, 2.75) is 0 Å². The molecule has 3 aromatic carbocycles. The zero-order valence-corrected chi connectivity index (χ0v) is 15.0. The number of hydrogen-bond donors (Lipinski definition) is 0. The summed E-state index contributed by atoms with van der Waals surface area (Å²) in [6, 6.07) is 22.0. The Labute approximate surface area is 155 Å². The van der Waals surface area contributed by atoms with Crippen molar-refractivity contribution in [1.82, 2.24) is 14.4 Å². The molecule has 0 spiro atoms. The fraction of sp³-hybridized carbons (Fsp3) is 0.0909. The number of para-hydroxylation sites is 3. The van der Waals surface area contributed by atoms with Gasteiger partial charge < -0.3 is 9.47 Å². The fourth-order valence-corrected chi connectivity index (χ4v) is 3.51. The van der Waals surface area contributed by atoms with Crippen LogP contribution in [-0.4, -0.2) is 28.6 Å². The predicted octanol–water partition coefficient (Wildman–Crippen LogP) is 4.72. The van der Waals surface area contributed by atoms with Crippen LogP contribution in [0.1, 0.15) is 0 Å². The summed E-state index contributed by atoms with van der Waals surface area (Å²) < 4.78 is 13.0. The number of hydrogen-bond acceptors (Lipinski definition) is 4. The van der Waals surface area contributed by atoms with Gasteiger partial charge in [0.05, 0.1) is 30.8 Å². The molecule has 5 rings (SSSR count). The molecule has 2 aromatic heterocycles. The van der Waals surface area contributed by atoms with E-state index in [1.807, 2.05) is 54.6 Å². The fourth-order valence-electron chi connectivity index (χ4n) is 3.51. The molecule has 0 fully saturated rings. The maximum absolute atomic E-state index is 5.49. The Kier molecular flexibility index (Phi) is 3.47. The number of imidazole rings is 1. The normalized spacial score (nSPS) is 11.3. The van der Waals surface area contributed by atoms with E-state index < -0.39 is 0 Å². The first kappa shape index (κ1) is 15.6. The smallest absolute Gasteiger partial charge is 0.161 e. The van der Waals surface area contributed by atoms with Gasteiger partial charge in [0.1, 0.15) is 11.5 Å². The maximum Gasteiger partial charge on any atom is 0.161 e. The summed E-state index contributed by atoms with van der Waals surface area (Å²) in [5.74, 6) is 2.18. The van der Waals surface area contributed by atoms with Gasteiger partial charge in [0.2, 0.25) is 0 Å². The average Bonchev–Trinajstić information content (AvgIpc) is 3.12. The molecule has 0 amide bonds. The first-order valence-electron chi connectivity index (χ1n) is 8.68. The van der Waals surface area contributed by atoms with Gasteiger partial charge in [-0.05, 0) is 42.5 Å². The molecule has 27 heavy (non-hydrogen) atoms. The Morgan fingerprint density at radius 3 is 2.30 bits per heavy atom. The number of benzene rings is 3. The summed E-state index contributed by atoms with van der Waals surface area (Å²) in [4.78, 5) is 9.83. The Morgan fingerprint density at radius 1 is 0.741 bits per heavy atom. The van der Waals surface area contributed by atoms with Crippen molar-refractivity contribution in [3.05, 3.63) is 66.7 Å². The van der Waals surface area contributed by atoms with Gasteiger partial charge >= 0.3 is 0 Å². The van der Waals surface area contributed by atoms with Crippen LogP contribution < -0.4 is 9.47 Å². The van der Waals surface area contributed by atoms with Crippen LogP contribution in [0.15, 0.2) is 66.7 Å². The van der Waals surface area contributed by atoms with Gasteiger partial charge in [0, 0.05) is 10.9 Å². The molecule has 2 heterocycles. The summed E-state index contributed by atoms with van der Waals surface area (Å²) in [5, 5.41) is 1.03. The zero-order chi connectivity index (χ0) is 18.4. The first-order valence-corrected chi connectivity index (χ1v) is 8.68. The lowest BCUT2D eigenvalue weighted by atomic mass is 10.1. The largest absolute Gasteiger partial charge is 0.493 e. The molecule has 0 bridgehead atoms. The number of aromatic nitrogens is 3. The van der Waals surface area contributed by atoms with Crippen molar-refractivity contribution in [2.24, 2.45) is 0 Å². The number of ether oxygens (including phenoxy) is 2. The Bertz CT molecular complexity index is 1310. The quantitative estimate of drug-likeness (QED) is 0.470. The van der Waals surface area contributed by atoms with Gasteiger partial charge in [-0.3, -0.25) is 4.40 Å².